The molecule has 0 spiro atoms. The highest BCUT2D eigenvalue weighted by molar-refractivity contribution is 9.10. The van der Waals surface area contributed by atoms with Crippen molar-refractivity contribution in [2.24, 2.45) is 5.11 Å². The van der Waals surface area contributed by atoms with Crippen molar-refractivity contribution in [3.05, 3.63) is 38.3 Å². The van der Waals surface area contributed by atoms with E-state index in [0.29, 0.717) is 5.82 Å². The second kappa shape index (κ2) is 5.82. The van der Waals surface area contributed by atoms with Gasteiger partial charge in [-0.1, -0.05) is 27.6 Å². The fourth-order valence-corrected chi connectivity index (χ4v) is 2.09. The van der Waals surface area contributed by atoms with Gasteiger partial charge in [0.2, 0.25) is 0 Å². The lowest BCUT2D eigenvalue weighted by molar-refractivity contribution is 0.119. The molecule has 1 aliphatic rings. The summed E-state index contributed by atoms with van der Waals surface area (Å²) in [4.78, 5) is 6.86. The summed E-state index contributed by atoms with van der Waals surface area (Å²) < 4.78 is 6.18. The first-order valence-electron chi connectivity index (χ1n) is 5.28. The number of ether oxygens (including phenoxy) is 1. The summed E-state index contributed by atoms with van der Waals surface area (Å²) in [5, 5.41) is 3.60. The molecule has 1 saturated heterocycles. The van der Waals surface area contributed by atoms with Crippen LogP contribution in [-0.4, -0.2) is 18.2 Å². The Kier molecular flexibility index (Phi) is 4.14. The summed E-state index contributed by atoms with van der Waals surface area (Å²) in [5.74, 6) is 0.404. The molecule has 0 radical (unpaired) electrons. The first-order chi connectivity index (χ1) is 8.31. The maximum atomic E-state index is 8.50. The molecule has 5 nitrogen and oxygen atoms in total. The Labute approximate surface area is 107 Å². The predicted octanol–water partition coefficient (Wildman–Crippen LogP) is 3.98. The van der Waals surface area contributed by atoms with Crippen LogP contribution in [0, 0.1) is 0 Å². The Morgan fingerprint density at radius 2 is 2.24 bits per heavy atom. The van der Waals surface area contributed by atoms with E-state index in [1.165, 1.54) is 5.57 Å². The van der Waals surface area contributed by atoms with Crippen LogP contribution in [0.4, 0.5) is 5.82 Å². The summed E-state index contributed by atoms with van der Waals surface area (Å²) in [7, 11) is 0. The zero-order chi connectivity index (χ0) is 12.1. The standard InChI is InChI=1S/C11H11BrN4O/c12-10-1-4-14-11(15-16-13)9(10)7-8-2-5-17-6-3-8/h1,4,7H,2-3,5-6H2. The van der Waals surface area contributed by atoms with Crippen LogP contribution in [0.2, 0.25) is 0 Å². The zero-order valence-corrected chi connectivity index (χ0v) is 10.7. The molecule has 0 unspecified atom stereocenters. The van der Waals surface area contributed by atoms with E-state index in [0.717, 1.165) is 36.1 Å². The fourth-order valence-electron chi connectivity index (χ4n) is 1.68. The lowest BCUT2D eigenvalue weighted by atomic mass is 10.0. The van der Waals surface area contributed by atoms with E-state index in [9.17, 15) is 0 Å². The van der Waals surface area contributed by atoms with Gasteiger partial charge in [-0.05, 0) is 29.6 Å². The minimum absolute atomic E-state index is 0.404. The molecule has 0 saturated carbocycles. The van der Waals surface area contributed by atoms with Gasteiger partial charge in [-0.3, -0.25) is 4.98 Å². The van der Waals surface area contributed by atoms with Crippen molar-refractivity contribution in [3.63, 3.8) is 0 Å². The Morgan fingerprint density at radius 1 is 1.47 bits per heavy atom. The molecule has 0 amide bonds. The normalized spacial score (nSPS) is 15.2. The Bertz CT molecular complexity index is 486. The summed E-state index contributed by atoms with van der Waals surface area (Å²) in [5.41, 5.74) is 10.6. The van der Waals surface area contributed by atoms with Crippen LogP contribution in [-0.2, 0) is 4.74 Å². The van der Waals surface area contributed by atoms with Gasteiger partial charge in [0.25, 0.3) is 0 Å². The maximum absolute atomic E-state index is 8.50. The van der Waals surface area contributed by atoms with Gasteiger partial charge in [0.05, 0.1) is 13.2 Å². The molecule has 6 heteroatoms. The average Bonchev–Trinajstić information content (AvgIpc) is 2.35. The van der Waals surface area contributed by atoms with Crippen LogP contribution in [0.15, 0.2) is 27.4 Å². The molecule has 0 atom stereocenters. The number of hydrogen-bond acceptors (Lipinski definition) is 3. The van der Waals surface area contributed by atoms with Gasteiger partial charge in [0.1, 0.15) is 5.82 Å². The fraction of sp³-hybridized carbons (Fsp3) is 0.364. The van der Waals surface area contributed by atoms with Crippen LogP contribution < -0.4 is 0 Å². The van der Waals surface area contributed by atoms with Crippen LogP contribution >= 0.6 is 15.9 Å². The SMILES string of the molecule is [N-]=[N+]=Nc1nccc(Br)c1C=C1CCOCC1. The van der Waals surface area contributed by atoms with Crippen molar-refractivity contribution < 1.29 is 4.74 Å². The average molecular weight is 295 g/mol. The van der Waals surface area contributed by atoms with Crippen molar-refractivity contribution in [2.75, 3.05) is 13.2 Å². The number of azide groups is 1. The molecule has 2 heterocycles. The number of halogens is 1. The van der Waals surface area contributed by atoms with Gasteiger partial charge in [-0.25, -0.2) is 0 Å². The van der Waals surface area contributed by atoms with Gasteiger partial charge < -0.3 is 4.74 Å². The van der Waals surface area contributed by atoms with Crippen LogP contribution in [0.1, 0.15) is 18.4 Å². The minimum atomic E-state index is 0.404. The molecule has 88 valence electrons. The van der Waals surface area contributed by atoms with Crippen LogP contribution in [0.25, 0.3) is 16.5 Å². The molecule has 2 rings (SSSR count). The molecule has 0 N–H and O–H groups in total. The summed E-state index contributed by atoms with van der Waals surface area (Å²) in [6.45, 7) is 1.50. The molecule has 0 aliphatic carbocycles. The first-order valence-corrected chi connectivity index (χ1v) is 6.07. The quantitative estimate of drug-likeness (QED) is 0.470. The van der Waals surface area contributed by atoms with Crippen LogP contribution in [0.5, 0.6) is 0 Å². The van der Waals surface area contributed by atoms with E-state index in [-0.39, 0.29) is 0 Å². The van der Waals surface area contributed by atoms with Gasteiger partial charge in [0.15, 0.2) is 0 Å². The largest absolute Gasteiger partial charge is 0.381 e. The van der Waals surface area contributed by atoms with E-state index in [1.807, 2.05) is 12.1 Å². The van der Waals surface area contributed by atoms with Crippen LogP contribution in [0.3, 0.4) is 0 Å². The molecule has 17 heavy (non-hydrogen) atoms. The van der Waals surface area contributed by atoms with Gasteiger partial charge >= 0.3 is 0 Å². The van der Waals surface area contributed by atoms with Crippen molar-refractivity contribution in [2.45, 2.75) is 12.8 Å². The molecule has 0 aromatic carbocycles. The van der Waals surface area contributed by atoms with Crippen molar-refractivity contribution >= 4 is 27.8 Å². The maximum Gasteiger partial charge on any atom is 0.135 e. The summed E-state index contributed by atoms with van der Waals surface area (Å²) in [6, 6.07) is 1.84. The van der Waals surface area contributed by atoms with Crippen molar-refractivity contribution in [1.82, 2.24) is 4.98 Å². The topological polar surface area (TPSA) is 70.9 Å². The zero-order valence-electron chi connectivity index (χ0n) is 9.14. The highest BCUT2D eigenvalue weighted by Gasteiger charge is 2.09. The van der Waals surface area contributed by atoms with E-state index in [2.05, 4.69) is 30.9 Å². The third-order valence-corrected chi connectivity index (χ3v) is 3.23. The van der Waals surface area contributed by atoms with E-state index < -0.39 is 0 Å². The molecule has 1 fully saturated rings. The van der Waals surface area contributed by atoms with Gasteiger partial charge in [-0.15, -0.1) is 0 Å². The molecule has 1 aromatic rings. The van der Waals surface area contributed by atoms with Gasteiger partial charge in [0, 0.05) is 21.1 Å². The lowest BCUT2D eigenvalue weighted by Crippen LogP contribution is -2.07. The Balaban J connectivity index is 2.39. The number of pyridine rings is 1. The molecule has 0 bridgehead atoms. The number of aromatic nitrogens is 1. The van der Waals surface area contributed by atoms with E-state index in [1.54, 1.807) is 6.20 Å². The summed E-state index contributed by atoms with van der Waals surface area (Å²) >= 11 is 3.44. The first kappa shape index (κ1) is 12.1. The minimum Gasteiger partial charge on any atom is -0.381 e. The smallest absolute Gasteiger partial charge is 0.135 e. The third kappa shape index (κ3) is 3.06. The second-order valence-electron chi connectivity index (χ2n) is 3.63. The molecular weight excluding hydrogens is 284 g/mol. The summed E-state index contributed by atoms with van der Waals surface area (Å²) in [6.07, 6.45) is 5.47. The molecule has 1 aromatic heterocycles. The third-order valence-electron chi connectivity index (χ3n) is 2.54. The predicted molar refractivity (Wildman–Crippen MR) is 68.8 cm³/mol. The van der Waals surface area contributed by atoms with E-state index >= 15 is 0 Å². The number of hydrogen-bond donors (Lipinski definition) is 0. The Morgan fingerprint density at radius 3 is 2.94 bits per heavy atom. The molecular formula is C11H11BrN4O. The second-order valence-corrected chi connectivity index (χ2v) is 4.49. The highest BCUT2D eigenvalue weighted by Crippen LogP contribution is 2.29. The van der Waals surface area contributed by atoms with Crippen molar-refractivity contribution in [1.29, 1.82) is 0 Å². The molecule has 1 aliphatic heterocycles. The van der Waals surface area contributed by atoms with Gasteiger partial charge in [-0.2, -0.15) is 0 Å². The number of nitrogens with zero attached hydrogens (tertiary/aromatic N) is 4. The van der Waals surface area contributed by atoms with E-state index in [4.69, 9.17) is 10.3 Å². The Hall–Kier alpha value is -1.36. The highest BCUT2D eigenvalue weighted by atomic mass is 79.9. The van der Waals surface area contributed by atoms with Crippen molar-refractivity contribution in [3.8, 4) is 0 Å². The lowest BCUT2D eigenvalue weighted by Gasteiger charge is -2.15. The monoisotopic (exact) mass is 294 g/mol. The number of rotatable bonds is 2.